The van der Waals surface area contributed by atoms with E-state index in [2.05, 4.69) is 0 Å². The summed E-state index contributed by atoms with van der Waals surface area (Å²) in [5.41, 5.74) is 0. The van der Waals surface area contributed by atoms with Gasteiger partial charge in [-0.25, -0.2) is 0 Å². The Morgan fingerprint density at radius 2 is 1.67 bits per heavy atom. The summed E-state index contributed by atoms with van der Waals surface area (Å²) in [5, 5.41) is 8.89. The van der Waals surface area contributed by atoms with Crippen molar-refractivity contribution in [3.8, 4) is 0 Å². The molecule has 0 aromatic rings. The minimum atomic E-state index is -1.08. The molecule has 6 heavy (non-hydrogen) atoms. The van der Waals surface area contributed by atoms with Crippen molar-refractivity contribution >= 4 is 14.4 Å². The van der Waals surface area contributed by atoms with Gasteiger partial charge in [-0.05, 0) is 6.92 Å². The molecule has 0 saturated heterocycles. The molecule has 30 valence electrons. The molecule has 0 spiro atoms. The van der Waals surface area contributed by atoms with Crippen LogP contribution in [0.1, 0.15) is 6.92 Å². The zero-order chi connectivity index (χ0) is 3.58. The molecule has 0 rings (SSSR count). The molecule has 2 nitrogen and oxygen atoms in total. The van der Waals surface area contributed by atoms with Crippen LogP contribution in [0.3, 0.4) is 0 Å². The smallest absolute Gasteiger partial charge is 0.550 e. The van der Waals surface area contributed by atoms with Crippen LogP contribution in [0.15, 0.2) is 0 Å². The van der Waals surface area contributed by atoms with Crippen LogP contribution in [0.4, 0.5) is 0 Å². The molecule has 0 bridgehead atoms. The summed E-state index contributed by atoms with van der Waals surface area (Å²) in [4.78, 5) is 8.89. The van der Waals surface area contributed by atoms with Crippen LogP contribution >= 0.6 is 0 Å². The van der Waals surface area contributed by atoms with Crippen molar-refractivity contribution in [2.24, 2.45) is 0 Å². The quantitative estimate of drug-likeness (QED) is 0.293. The van der Waals surface area contributed by atoms with Gasteiger partial charge < -0.3 is 9.90 Å². The summed E-state index contributed by atoms with van der Waals surface area (Å²) in [6, 6.07) is 0. The first-order valence-electron chi connectivity index (χ1n) is 0.908. The second-order valence-corrected chi connectivity index (χ2v) is 0.492. The van der Waals surface area contributed by atoms with Crippen molar-refractivity contribution in [3.05, 3.63) is 0 Å². The fourth-order valence-electron chi connectivity index (χ4n) is 0. The number of carbonyl (C=O) groups excluding carboxylic acids is 1. The van der Waals surface area contributed by atoms with Crippen molar-refractivity contribution in [2.75, 3.05) is 0 Å². The van der Waals surface area contributed by atoms with Gasteiger partial charge >= 0.3 is 51.4 Å². The predicted molar refractivity (Wildman–Crippen MR) is 20.6 cm³/mol. The fourth-order valence-corrected chi connectivity index (χ4v) is 0. The SMILES string of the molecule is B.CC(=O)[O-].[K+]. The second-order valence-electron chi connectivity index (χ2n) is 0.492. The Morgan fingerprint density at radius 1 is 1.67 bits per heavy atom. The van der Waals surface area contributed by atoms with E-state index in [1.54, 1.807) is 0 Å². The number of carbonyl (C=O) groups is 1. The summed E-state index contributed by atoms with van der Waals surface area (Å²) >= 11 is 0. The maximum absolute atomic E-state index is 8.89. The standard InChI is InChI=1S/C2H4O2.BH3.K/c1-2(3)4;;/h1H3,(H,3,4);1H3;/q;;+1/p-1. The third kappa shape index (κ3) is 65.6. The molecule has 0 aliphatic heterocycles. The van der Waals surface area contributed by atoms with E-state index in [1.807, 2.05) is 0 Å². The molecule has 0 saturated carbocycles. The zero-order valence-corrected chi connectivity index (χ0v) is 6.44. The van der Waals surface area contributed by atoms with Gasteiger partial charge in [0.2, 0.25) is 0 Å². The summed E-state index contributed by atoms with van der Waals surface area (Å²) in [5.74, 6) is -1.08. The third-order valence-electron chi connectivity index (χ3n) is 0. The molecule has 0 radical (unpaired) electrons. The van der Waals surface area contributed by atoms with Crippen molar-refractivity contribution in [2.45, 2.75) is 6.92 Å². The van der Waals surface area contributed by atoms with E-state index in [-0.39, 0.29) is 59.8 Å². The molecule has 0 amide bonds. The van der Waals surface area contributed by atoms with E-state index in [9.17, 15) is 0 Å². The monoisotopic (exact) mass is 112 g/mol. The number of aliphatic carboxylic acids is 1. The van der Waals surface area contributed by atoms with Crippen molar-refractivity contribution in [3.63, 3.8) is 0 Å². The molecule has 0 aromatic carbocycles. The van der Waals surface area contributed by atoms with Crippen molar-refractivity contribution < 1.29 is 61.3 Å². The van der Waals surface area contributed by atoms with Crippen LogP contribution in [-0.2, 0) is 4.79 Å². The van der Waals surface area contributed by atoms with Gasteiger partial charge in [-0.15, -0.1) is 0 Å². The van der Waals surface area contributed by atoms with Crippen LogP contribution in [0.5, 0.6) is 0 Å². The number of carboxylic acids is 1. The predicted octanol–water partition coefficient (Wildman–Crippen LogP) is -5.42. The summed E-state index contributed by atoms with van der Waals surface area (Å²) < 4.78 is 0. The summed E-state index contributed by atoms with van der Waals surface area (Å²) in [7, 11) is 0. The topological polar surface area (TPSA) is 40.1 Å². The summed E-state index contributed by atoms with van der Waals surface area (Å²) in [6.45, 7) is 0.972. The van der Waals surface area contributed by atoms with Crippen molar-refractivity contribution in [1.29, 1.82) is 0 Å². The molecule has 0 unspecified atom stereocenters. The molecule has 0 atom stereocenters. The van der Waals surface area contributed by atoms with Gasteiger partial charge in [-0.2, -0.15) is 0 Å². The Bertz CT molecular complexity index is 34.5. The fraction of sp³-hybridized carbons (Fsp3) is 0.500. The zero-order valence-electron chi connectivity index (χ0n) is 3.32. The van der Waals surface area contributed by atoms with Gasteiger partial charge in [-0.3, -0.25) is 0 Å². The van der Waals surface area contributed by atoms with Crippen molar-refractivity contribution in [1.82, 2.24) is 0 Å². The molecule has 0 fully saturated rings. The normalized spacial score (nSPS) is 4.17. The minimum absolute atomic E-state index is 0. The van der Waals surface area contributed by atoms with E-state index in [0.717, 1.165) is 6.92 Å². The average molecular weight is 112 g/mol. The van der Waals surface area contributed by atoms with Gasteiger partial charge in [0.05, 0.1) is 8.41 Å². The van der Waals surface area contributed by atoms with E-state index in [0.29, 0.717) is 0 Å². The van der Waals surface area contributed by atoms with Crippen LogP contribution in [-0.4, -0.2) is 14.4 Å². The molecular formula is C2H6BKO2. The largest absolute Gasteiger partial charge is 1.00 e. The van der Waals surface area contributed by atoms with Crippen LogP contribution in [0.25, 0.3) is 0 Å². The Kier molecular flexibility index (Phi) is 24.8. The van der Waals surface area contributed by atoms with E-state index in [1.165, 1.54) is 0 Å². The first-order chi connectivity index (χ1) is 1.73. The number of hydrogen-bond acceptors (Lipinski definition) is 2. The average Bonchev–Trinajstić information content (AvgIpc) is 0.811. The Morgan fingerprint density at radius 3 is 1.67 bits per heavy atom. The van der Waals surface area contributed by atoms with E-state index >= 15 is 0 Å². The molecular weight excluding hydrogens is 106 g/mol. The maximum atomic E-state index is 8.89. The van der Waals surface area contributed by atoms with Gasteiger partial charge in [0.15, 0.2) is 0 Å². The van der Waals surface area contributed by atoms with Crippen LogP contribution in [0, 0.1) is 0 Å². The number of carboxylic acid groups (broad SMARTS) is 1. The molecule has 0 aromatic heterocycles. The number of rotatable bonds is 0. The number of hydrogen-bond donors (Lipinski definition) is 0. The van der Waals surface area contributed by atoms with Gasteiger partial charge in [0, 0.05) is 5.97 Å². The first kappa shape index (κ1) is 15.7. The second kappa shape index (κ2) is 9.48. The molecule has 4 heteroatoms. The van der Waals surface area contributed by atoms with Gasteiger partial charge in [0.25, 0.3) is 0 Å². The van der Waals surface area contributed by atoms with E-state index < -0.39 is 5.97 Å². The Labute approximate surface area is 81.3 Å². The molecule has 0 N–H and O–H groups in total. The minimum Gasteiger partial charge on any atom is -0.550 e. The van der Waals surface area contributed by atoms with Gasteiger partial charge in [-0.1, -0.05) is 0 Å². The van der Waals surface area contributed by atoms with Gasteiger partial charge in [0.1, 0.15) is 0 Å². The first-order valence-corrected chi connectivity index (χ1v) is 0.908. The molecule has 0 aliphatic carbocycles. The van der Waals surface area contributed by atoms with Crippen LogP contribution < -0.4 is 56.5 Å². The molecule has 0 aliphatic rings. The maximum Gasteiger partial charge on any atom is 1.00 e. The Hall–Kier alpha value is 1.17. The Balaban J connectivity index is -0.0000000450. The molecule has 0 heterocycles. The van der Waals surface area contributed by atoms with Crippen LogP contribution in [0.2, 0.25) is 0 Å². The van der Waals surface area contributed by atoms with E-state index in [4.69, 9.17) is 9.90 Å². The third-order valence-corrected chi connectivity index (χ3v) is 0. The summed E-state index contributed by atoms with van der Waals surface area (Å²) in [6.07, 6.45) is 0.